The van der Waals surface area contributed by atoms with Gasteiger partial charge in [-0.3, -0.25) is 9.78 Å². The minimum absolute atomic E-state index is 0.134. The molecule has 1 aromatic heterocycles. The molecule has 1 aliphatic heterocycles. The summed E-state index contributed by atoms with van der Waals surface area (Å²) in [7, 11) is 1.61. The van der Waals surface area contributed by atoms with Gasteiger partial charge in [-0.05, 0) is 92.6 Å². The number of aryl methyl sites for hydroxylation is 1. The Morgan fingerprint density at radius 3 is 2.81 bits per heavy atom. The number of ether oxygens (including phenoxy) is 2. The fraction of sp³-hybridized carbons (Fsp3) is 0.429. The predicted molar refractivity (Wildman–Crippen MR) is 134 cm³/mol. The number of hydrogen-bond donors (Lipinski definition) is 1. The molecule has 2 aliphatic rings. The largest absolute Gasteiger partial charge is 0.497 e. The second-order valence-electron chi connectivity index (χ2n) is 9.88. The highest BCUT2D eigenvalue weighted by molar-refractivity contribution is 6.32. The zero-order chi connectivity index (χ0) is 25.3. The zero-order valence-electron chi connectivity index (χ0n) is 20.2. The van der Waals surface area contributed by atoms with E-state index in [2.05, 4.69) is 10.3 Å². The first-order valence-electron chi connectivity index (χ1n) is 12.4. The van der Waals surface area contributed by atoms with Crippen LogP contribution in [0.4, 0.5) is 8.78 Å². The lowest BCUT2D eigenvalue weighted by molar-refractivity contribution is -0.161. The van der Waals surface area contributed by atoms with Gasteiger partial charge in [-0.15, -0.1) is 0 Å². The molecule has 1 saturated carbocycles. The minimum atomic E-state index is -0.599. The molecule has 2 fully saturated rings. The minimum Gasteiger partial charge on any atom is -0.497 e. The van der Waals surface area contributed by atoms with E-state index in [4.69, 9.17) is 21.1 Å². The Morgan fingerprint density at radius 2 is 2.06 bits per heavy atom. The lowest BCUT2D eigenvalue weighted by Crippen LogP contribution is -2.48. The Bertz CT molecular complexity index is 1270. The van der Waals surface area contributed by atoms with Gasteiger partial charge in [0.1, 0.15) is 23.5 Å². The molecule has 1 unspecified atom stereocenters. The number of nitrogens with zero attached hydrogens (tertiary/aromatic N) is 1. The maximum atomic E-state index is 14.9. The van der Waals surface area contributed by atoms with Gasteiger partial charge < -0.3 is 14.8 Å². The van der Waals surface area contributed by atoms with Gasteiger partial charge in [0.2, 0.25) is 0 Å². The molecule has 2 aromatic carbocycles. The molecule has 190 valence electrons. The molecule has 1 N–H and O–H groups in total. The molecule has 0 radical (unpaired) electrons. The fourth-order valence-corrected chi connectivity index (χ4v) is 5.91. The van der Waals surface area contributed by atoms with Gasteiger partial charge in [0.25, 0.3) is 0 Å². The van der Waals surface area contributed by atoms with Gasteiger partial charge in [-0.1, -0.05) is 11.6 Å². The number of esters is 1. The van der Waals surface area contributed by atoms with Crippen molar-refractivity contribution >= 4 is 28.5 Å². The van der Waals surface area contributed by atoms with Crippen LogP contribution in [0.1, 0.15) is 43.2 Å². The molecule has 1 saturated heterocycles. The lowest BCUT2D eigenvalue weighted by atomic mass is 9.60. The number of halogens is 3. The van der Waals surface area contributed by atoms with E-state index in [0.29, 0.717) is 55.0 Å². The maximum Gasteiger partial charge on any atom is 0.310 e. The fourth-order valence-electron chi connectivity index (χ4n) is 5.66. The monoisotopic (exact) mass is 514 g/mol. The van der Waals surface area contributed by atoms with E-state index in [0.717, 1.165) is 35.5 Å². The van der Waals surface area contributed by atoms with Gasteiger partial charge in [-0.25, -0.2) is 8.78 Å². The van der Waals surface area contributed by atoms with Crippen LogP contribution in [0.25, 0.3) is 10.9 Å². The zero-order valence-corrected chi connectivity index (χ0v) is 20.9. The van der Waals surface area contributed by atoms with E-state index in [1.54, 1.807) is 13.3 Å². The smallest absolute Gasteiger partial charge is 0.310 e. The predicted octanol–water partition coefficient (Wildman–Crippen LogP) is 5.75. The quantitative estimate of drug-likeness (QED) is 0.388. The molecule has 36 heavy (non-hydrogen) atoms. The van der Waals surface area contributed by atoms with Crippen LogP contribution in [0.2, 0.25) is 5.02 Å². The molecule has 0 bridgehead atoms. The molecule has 8 heteroatoms. The topological polar surface area (TPSA) is 60.5 Å². The van der Waals surface area contributed by atoms with Gasteiger partial charge in [0.05, 0.1) is 23.6 Å². The number of carbonyl (C=O) groups excluding carboxylic acids is 1. The average molecular weight is 515 g/mol. The number of carbonyl (C=O) groups is 1. The summed E-state index contributed by atoms with van der Waals surface area (Å²) in [5, 5.41) is 4.65. The SMILES string of the molecule is COc1ccc2ncc(Cl)c(CCCC3(c4cc(F)ccc4F)CC(OC(=O)C4CCNC4)C3)c2c1. The van der Waals surface area contributed by atoms with Crippen LogP contribution in [-0.4, -0.2) is 37.3 Å². The van der Waals surface area contributed by atoms with E-state index in [1.807, 2.05) is 18.2 Å². The van der Waals surface area contributed by atoms with E-state index < -0.39 is 17.0 Å². The summed E-state index contributed by atoms with van der Waals surface area (Å²) >= 11 is 6.53. The van der Waals surface area contributed by atoms with Crippen LogP contribution in [-0.2, 0) is 21.4 Å². The van der Waals surface area contributed by atoms with Crippen molar-refractivity contribution in [2.75, 3.05) is 20.2 Å². The molecule has 1 aliphatic carbocycles. The van der Waals surface area contributed by atoms with Crippen molar-refractivity contribution < 1.29 is 23.0 Å². The molecule has 2 heterocycles. The summed E-state index contributed by atoms with van der Waals surface area (Å²) in [6.45, 7) is 1.43. The second-order valence-corrected chi connectivity index (χ2v) is 10.3. The van der Waals surface area contributed by atoms with Gasteiger partial charge in [0, 0.05) is 23.5 Å². The van der Waals surface area contributed by atoms with Gasteiger partial charge in [-0.2, -0.15) is 0 Å². The first kappa shape index (κ1) is 24.9. The van der Waals surface area contributed by atoms with Crippen molar-refractivity contribution in [3.8, 4) is 5.75 Å². The highest BCUT2D eigenvalue weighted by Crippen LogP contribution is 2.50. The van der Waals surface area contributed by atoms with Crippen LogP contribution >= 0.6 is 11.6 Å². The first-order chi connectivity index (χ1) is 17.4. The van der Waals surface area contributed by atoms with Crippen LogP contribution < -0.4 is 10.1 Å². The number of rotatable bonds is 8. The number of fused-ring (bicyclic) bond motifs is 1. The third-order valence-electron chi connectivity index (χ3n) is 7.63. The number of nitrogens with one attached hydrogen (secondary N) is 1. The molecule has 0 spiro atoms. The Balaban J connectivity index is 1.34. The Labute approximate surface area is 214 Å². The number of methoxy groups -OCH3 is 1. The number of benzene rings is 2. The summed E-state index contributed by atoms with van der Waals surface area (Å²) < 4.78 is 40.2. The van der Waals surface area contributed by atoms with Crippen molar-refractivity contribution in [2.45, 2.75) is 50.0 Å². The molecule has 5 nitrogen and oxygen atoms in total. The third kappa shape index (κ3) is 4.91. The highest BCUT2D eigenvalue weighted by atomic mass is 35.5. The number of aromatic nitrogens is 1. The van der Waals surface area contributed by atoms with Gasteiger partial charge in [0.15, 0.2) is 0 Å². The Hall–Kier alpha value is -2.77. The second kappa shape index (κ2) is 10.3. The average Bonchev–Trinajstić information content (AvgIpc) is 3.40. The number of pyridine rings is 1. The maximum absolute atomic E-state index is 14.9. The van der Waals surface area contributed by atoms with Crippen LogP contribution in [0, 0.1) is 17.6 Å². The molecule has 1 atom stereocenters. The molecule has 5 rings (SSSR count). The van der Waals surface area contributed by atoms with Gasteiger partial charge >= 0.3 is 5.97 Å². The van der Waals surface area contributed by atoms with E-state index in [1.165, 1.54) is 12.1 Å². The standard InChI is InChI=1S/C28H29ClF2N2O3/c1-35-19-5-7-26-22(12-19)21(24(29)16-33-26)3-2-9-28(23-11-18(30)4-6-25(23)31)13-20(14-28)36-27(34)17-8-10-32-15-17/h4-7,11-12,16-17,20,32H,2-3,8-10,13-15H2,1H3. The van der Waals surface area contributed by atoms with Crippen LogP contribution in [0.5, 0.6) is 5.75 Å². The first-order valence-corrected chi connectivity index (χ1v) is 12.7. The normalized spacial score (nSPS) is 23.4. The van der Waals surface area contributed by atoms with E-state index in [9.17, 15) is 13.6 Å². The molecular formula is C28H29ClF2N2O3. The molecular weight excluding hydrogens is 486 g/mol. The van der Waals surface area contributed by atoms with Crippen LogP contribution in [0.3, 0.4) is 0 Å². The number of hydrogen-bond acceptors (Lipinski definition) is 5. The van der Waals surface area contributed by atoms with Crippen molar-refractivity contribution in [3.05, 3.63) is 70.4 Å². The molecule has 3 aromatic rings. The third-order valence-corrected chi connectivity index (χ3v) is 7.95. The van der Waals surface area contributed by atoms with E-state index in [-0.39, 0.29) is 18.0 Å². The van der Waals surface area contributed by atoms with E-state index >= 15 is 0 Å². The van der Waals surface area contributed by atoms with Crippen LogP contribution in [0.15, 0.2) is 42.6 Å². The highest BCUT2D eigenvalue weighted by Gasteiger charge is 2.49. The van der Waals surface area contributed by atoms with Crippen molar-refractivity contribution in [1.82, 2.24) is 10.3 Å². The Morgan fingerprint density at radius 1 is 1.22 bits per heavy atom. The summed E-state index contributed by atoms with van der Waals surface area (Å²) in [5.41, 5.74) is 1.52. The van der Waals surface area contributed by atoms with Crippen molar-refractivity contribution in [3.63, 3.8) is 0 Å². The summed E-state index contributed by atoms with van der Waals surface area (Å²) in [4.78, 5) is 16.9. The Kier molecular flexibility index (Phi) is 7.13. The summed E-state index contributed by atoms with van der Waals surface area (Å²) in [6, 6.07) is 9.26. The van der Waals surface area contributed by atoms with Crippen molar-refractivity contribution in [1.29, 1.82) is 0 Å². The molecule has 0 amide bonds. The summed E-state index contributed by atoms with van der Waals surface area (Å²) in [5.74, 6) is -0.531. The van der Waals surface area contributed by atoms with Crippen molar-refractivity contribution in [2.24, 2.45) is 5.92 Å². The lowest BCUT2D eigenvalue weighted by Gasteiger charge is -2.48. The summed E-state index contributed by atoms with van der Waals surface area (Å²) in [6.07, 6.45) is 4.99.